The first kappa shape index (κ1) is 18.4. The fourth-order valence-corrected chi connectivity index (χ4v) is 3.31. The lowest BCUT2D eigenvalue weighted by Crippen LogP contribution is -2.24. The second-order valence-corrected chi connectivity index (χ2v) is 7.37. The fraction of sp³-hybridized carbons (Fsp3) is 0.200. The first-order chi connectivity index (χ1) is 13.7. The Morgan fingerprint density at radius 3 is 2.75 bits per heavy atom. The first-order valence-electron chi connectivity index (χ1n) is 9.03. The summed E-state index contributed by atoms with van der Waals surface area (Å²) in [4.78, 5) is 12.3. The molecule has 0 saturated heterocycles. The van der Waals surface area contributed by atoms with E-state index in [1.807, 2.05) is 63.9 Å². The fourth-order valence-electron chi connectivity index (χ4n) is 2.99. The van der Waals surface area contributed by atoms with Gasteiger partial charge in [-0.05, 0) is 52.2 Å². The van der Waals surface area contributed by atoms with E-state index >= 15 is 0 Å². The van der Waals surface area contributed by atoms with Gasteiger partial charge in [-0.15, -0.1) is 10.2 Å². The van der Waals surface area contributed by atoms with Crippen LogP contribution in [0.3, 0.4) is 0 Å². The number of amides is 1. The van der Waals surface area contributed by atoms with Gasteiger partial charge in [0.05, 0.1) is 17.2 Å². The molecule has 4 rings (SSSR count). The minimum Gasteiger partial charge on any atom is -0.352 e. The van der Waals surface area contributed by atoms with Crippen LogP contribution >= 0.6 is 15.9 Å². The molecule has 0 atom stereocenters. The van der Waals surface area contributed by atoms with Crippen molar-refractivity contribution in [2.75, 3.05) is 6.54 Å². The number of aromatic nitrogens is 5. The lowest BCUT2D eigenvalue weighted by atomic mass is 10.1. The van der Waals surface area contributed by atoms with Crippen LogP contribution in [0.5, 0.6) is 0 Å². The summed E-state index contributed by atoms with van der Waals surface area (Å²) in [5, 5.41) is 15.5. The van der Waals surface area contributed by atoms with Crippen LogP contribution in [-0.2, 0) is 13.0 Å². The minimum absolute atomic E-state index is 0.0699. The van der Waals surface area contributed by atoms with Gasteiger partial charge in [0.25, 0.3) is 5.91 Å². The number of aryl methyl sites for hydroxylation is 1. The highest BCUT2D eigenvalue weighted by atomic mass is 79.9. The molecule has 0 aliphatic heterocycles. The third-order valence-electron chi connectivity index (χ3n) is 4.41. The molecule has 4 aromatic rings. The van der Waals surface area contributed by atoms with Gasteiger partial charge < -0.3 is 5.32 Å². The van der Waals surface area contributed by atoms with Crippen LogP contribution in [-0.4, -0.2) is 36.8 Å². The van der Waals surface area contributed by atoms with Crippen molar-refractivity contribution in [2.24, 2.45) is 0 Å². The predicted octanol–water partition coefficient (Wildman–Crippen LogP) is 3.10. The Labute approximate surface area is 170 Å². The normalized spacial score (nSPS) is 11.0. The Balaban J connectivity index is 1.26. The molecule has 0 fully saturated rings. The van der Waals surface area contributed by atoms with E-state index < -0.39 is 0 Å². The van der Waals surface area contributed by atoms with Crippen LogP contribution in [0.1, 0.15) is 28.2 Å². The zero-order valence-electron chi connectivity index (χ0n) is 15.1. The van der Waals surface area contributed by atoms with Crippen LogP contribution in [0, 0.1) is 0 Å². The first-order valence-corrected chi connectivity index (χ1v) is 9.82. The molecule has 1 N–H and O–H groups in total. The average molecular weight is 439 g/mol. The molecule has 0 spiro atoms. The number of carbonyl (C=O) groups excluding carboxylic acids is 1. The van der Waals surface area contributed by atoms with Gasteiger partial charge in [0, 0.05) is 30.9 Å². The van der Waals surface area contributed by atoms with Crippen molar-refractivity contribution in [3.63, 3.8) is 0 Å². The smallest absolute Gasteiger partial charge is 0.251 e. The molecular weight excluding hydrogens is 420 g/mol. The number of benzene rings is 1. The maximum Gasteiger partial charge on any atom is 0.251 e. The summed E-state index contributed by atoms with van der Waals surface area (Å²) in [6.45, 7) is 1.25. The summed E-state index contributed by atoms with van der Waals surface area (Å²) in [6, 6.07) is 13.4. The molecule has 142 valence electrons. The van der Waals surface area contributed by atoms with Crippen LogP contribution in [0.4, 0.5) is 0 Å². The molecule has 8 heteroatoms. The molecule has 28 heavy (non-hydrogen) atoms. The van der Waals surface area contributed by atoms with Crippen molar-refractivity contribution in [1.82, 2.24) is 29.7 Å². The maximum atomic E-state index is 12.3. The van der Waals surface area contributed by atoms with Crippen molar-refractivity contribution in [3.8, 4) is 0 Å². The van der Waals surface area contributed by atoms with Gasteiger partial charge in [0.2, 0.25) is 0 Å². The van der Waals surface area contributed by atoms with Crippen molar-refractivity contribution in [2.45, 2.75) is 19.4 Å². The second-order valence-electron chi connectivity index (χ2n) is 6.46. The van der Waals surface area contributed by atoms with E-state index in [2.05, 4.69) is 36.5 Å². The van der Waals surface area contributed by atoms with E-state index in [1.54, 1.807) is 6.20 Å². The molecule has 3 heterocycles. The Bertz CT molecular complexity index is 1090. The quantitative estimate of drug-likeness (QED) is 0.449. The van der Waals surface area contributed by atoms with Gasteiger partial charge in [-0.3, -0.25) is 13.9 Å². The Morgan fingerprint density at radius 2 is 1.96 bits per heavy atom. The third kappa shape index (κ3) is 4.28. The molecular formula is C20H19BrN6O. The molecule has 0 radical (unpaired) electrons. The number of fused-ring (bicyclic) bond motifs is 1. The number of nitrogens with zero attached hydrogens (tertiary/aromatic N) is 5. The number of halogens is 1. The average Bonchev–Trinajstić information content (AvgIpc) is 3.31. The number of hydrogen-bond donors (Lipinski definition) is 1. The Morgan fingerprint density at radius 1 is 1.11 bits per heavy atom. The Hall–Kier alpha value is -3.00. The number of hydrogen-bond acceptors (Lipinski definition) is 4. The number of carbonyl (C=O) groups is 1. The molecule has 0 aliphatic rings. The van der Waals surface area contributed by atoms with Crippen LogP contribution in [0.25, 0.3) is 5.65 Å². The molecule has 3 aromatic heterocycles. The molecule has 1 amide bonds. The second kappa shape index (κ2) is 8.35. The van der Waals surface area contributed by atoms with Crippen LogP contribution < -0.4 is 5.32 Å². The number of rotatable bonds is 7. The predicted molar refractivity (Wildman–Crippen MR) is 109 cm³/mol. The van der Waals surface area contributed by atoms with E-state index in [9.17, 15) is 4.79 Å². The standard InChI is InChI=1S/C20H19BrN6O/c21-17-12-23-26(14-17)13-15-6-8-16(9-7-15)20(28)22-10-3-5-19-25-24-18-4-1-2-11-27(18)19/h1-2,4,6-9,11-12,14H,3,5,10,13H2,(H,22,28). The summed E-state index contributed by atoms with van der Waals surface area (Å²) in [6.07, 6.45) is 7.17. The molecule has 0 bridgehead atoms. The van der Waals surface area contributed by atoms with E-state index in [-0.39, 0.29) is 5.91 Å². The summed E-state index contributed by atoms with van der Waals surface area (Å²) in [5.74, 6) is 0.832. The van der Waals surface area contributed by atoms with E-state index in [0.29, 0.717) is 18.7 Å². The Kier molecular flexibility index (Phi) is 5.48. The minimum atomic E-state index is -0.0699. The monoisotopic (exact) mass is 438 g/mol. The van der Waals surface area contributed by atoms with Crippen molar-refractivity contribution >= 4 is 27.5 Å². The van der Waals surface area contributed by atoms with Crippen LogP contribution in [0.15, 0.2) is 65.5 Å². The number of nitrogens with one attached hydrogen (secondary N) is 1. The number of pyridine rings is 1. The lowest BCUT2D eigenvalue weighted by Gasteiger charge is -2.06. The van der Waals surface area contributed by atoms with E-state index in [1.165, 1.54) is 0 Å². The van der Waals surface area contributed by atoms with Crippen molar-refractivity contribution < 1.29 is 4.79 Å². The molecule has 7 nitrogen and oxygen atoms in total. The van der Waals surface area contributed by atoms with E-state index in [4.69, 9.17) is 0 Å². The molecule has 1 aromatic carbocycles. The zero-order valence-corrected chi connectivity index (χ0v) is 16.7. The van der Waals surface area contributed by atoms with E-state index in [0.717, 1.165) is 34.3 Å². The molecule has 0 aliphatic carbocycles. The zero-order chi connectivity index (χ0) is 19.3. The van der Waals surface area contributed by atoms with Gasteiger partial charge in [-0.25, -0.2) is 0 Å². The summed E-state index contributed by atoms with van der Waals surface area (Å²) < 4.78 is 4.76. The van der Waals surface area contributed by atoms with Gasteiger partial charge in [-0.1, -0.05) is 18.2 Å². The maximum absolute atomic E-state index is 12.3. The van der Waals surface area contributed by atoms with Gasteiger partial charge in [-0.2, -0.15) is 5.10 Å². The molecule has 0 saturated carbocycles. The largest absolute Gasteiger partial charge is 0.352 e. The lowest BCUT2D eigenvalue weighted by molar-refractivity contribution is 0.0953. The van der Waals surface area contributed by atoms with Crippen molar-refractivity contribution in [1.29, 1.82) is 0 Å². The van der Waals surface area contributed by atoms with Gasteiger partial charge >= 0.3 is 0 Å². The highest BCUT2D eigenvalue weighted by Crippen LogP contribution is 2.10. The van der Waals surface area contributed by atoms with Crippen LogP contribution in [0.2, 0.25) is 0 Å². The highest BCUT2D eigenvalue weighted by molar-refractivity contribution is 9.10. The molecule has 0 unspecified atom stereocenters. The summed E-state index contributed by atoms with van der Waals surface area (Å²) >= 11 is 3.39. The third-order valence-corrected chi connectivity index (χ3v) is 4.82. The van der Waals surface area contributed by atoms with Gasteiger partial charge in [0.15, 0.2) is 5.65 Å². The van der Waals surface area contributed by atoms with Gasteiger partial charge in [0.1, 0.15) is 5.82 Å². The summed E-state index contributed by atoms with van der Waals surface area (Å²) in [7, 11) is 0. The van der Waals surface area contributed by atoms with Crippen molar-refractivity contribution in [3.05, 3.63) is 82.5 Å². The highest BCUT2D eigenvalue weighted by Gasteiger charge is 2.07. The topological polar surface area (TPSA) is 77.1 Å². The SMILES string of the molecule is O=C(NCCCc1nnc2ccccn12)c1ccc(Cn2cc(Br)cn2)cc1. The summed E-state index contributed by atoms with van der Waals surface area (Å²) in [5.41, 5.74) is 2.58.